The van der Waals surface area contributed by atoms with Gasteiger partial charge in [0.15, 0.2) is 5.82 Å². The number of amides is 2. The molecule has 0 atom stereocenters. The fourth-order valence-electron chi connectivity index (χ4n) is 5.08. The Bertz CT molecular complexity index is 2030. The molecule has 14 heteroatoms. The number of thiophene rings is 1. The molecule has 5 heterocycles. The number of nitrogens with one attached hydrogen (secondary N) is 1. The molecule has 2 aromatic carbocycles. The molecule has 7 rings (SSSR count). The lowest BCUT2D eigenvalue weighted by molar-refractivity contribution is 0.0631. The molecule has 224 valence electrons. The second-order valence-corrected chi connectivity index (χ2v) is 11.0. The third kappa shape index (κ3) is 5.47. The third-order valence-electron chi connectivity index (χ3n) is 7.19. The number of ether oxygens (including phenoxy) is 1. The number of aromatic nitrogens is 6. The summed E-state index contributed by atoms with van der Waals surface area (Å²) in [6.07, 6.45) is 5.69. The molecule has 1 N–H and O–H groups in total. The summed E-state index contributed by atoms with van der Waals surface area (Å²) in [6, 6.07) is 15.2. The smallest absolute Gasteiger partial charge is 0.261 e. The zero-order valence-electron chi connectivity index (χ0n) is 23.4. The second kappa shape index (κ2) is 11.8. The van der Waals surface area contributed by atoms with Gasteiger partial charge in [0.05, 0.1) is 47.7 Å². The number of anilines is 1. The number of carbonyl (C=O) groups excluding carboxylic acids is 2. The zero-order chi connectivity index (χ0) is 30.9. The van der Waals surface area contributed by atoms with E-state index in [1.165, 1.54) is 23.6 Å². The van der Waals surface area contributed by atoms with Crippen LogP contribution in [0.3, 0.4) is 0 Å². The summed E-state index contributed by atoms with van der Waals surface area (Å²) in [5, 5.41) is 11.5. The summed E-state index contributed by atoms with van der Waals surface area (Å²) < 4.78 is 37.8. The molecule has 0 fully saturated rings. The lowest BCUT2D eigenvalue weighted by Gasteiger charge is -2.16. The van der Waals surface area contributed by atoms with Crippen LogP contribution < -0.4 is 10.1 Å². The summed E-state index contributed by atoms with van der Waals surface area (Å²) in [7, 11) is 0. The Labute approximate surface area is 258 Å². The van der Waals surface area contributed by atoms with Crippen molar-refractivity contribution in [2.24, 2.45) is 0 Å². The van der Waals surface area contributed by atoms with Gasteiger partial charge in [0.25, 0.3) is 11.8 Å². The Morgan fingerprint density at radius 1 is 0.889 bits per heavy atom. The van der Waals surface area contributed by atoms with Gasteiger partial charge in [0, 0.05) is 34.6 Å². The van der Waals surface area contributed by atoms with E-state index in [4.69, 9.17) is 4.74 Å². The van der Waals surface area contributed by atoms with Crippen LogP contribution in [0.5, 0.6) is 5.75 Å². The summed E-state index contributed by atoms with van der Waals surface area (Å²) in [4.78, 5) is 39.4. The van der Waals surface area contributed by atoms with Crippen molar-refractivity contribution < 1.29 is 23.1 Å². The number of benzene rings is 2. The molecule has 4 aromatic heterocycles. The van der Waals surface area contributed by atoms with Crippen LogP contribution in [0.2, 0.25) is 0 Å². The van der Waals surface area contributed by atoms with Crippen LogP contribution in [-0.2, 0) is 6.54 Å². The number of fused-ring (bicyclic) bond motifs is 2. The van der Waals surface area contributed by atoms with Gasteiger partial charge >= 0.3 is 0 Å². The van der Waals surface area contributed by atoms with E-state index in [-0.39, 0.29) is 30.5 Å². The number of carbonyl (C=O) groups is 2. The van der Waals surface area contributed by atoms with Gasteiger partial charge < -0.3 is 10.1 Å². The van der Waals surface area contributed by atoms with Crippen molar-refractivity contribution in [3.63, 3.8) is 0 Å². The number of pyridine rings is 1. The average molecular weight is 625 g/mol. The number of rotatable bonds is 10. The van der Waals surface area contributed by atoms with E-state index in [9.17, 15) is 18.4 Å². The third-order valence-corrected chi connectivity index (χ3v) is 8.38. The first kappa shape index (κ1) is 28.2. The lowest BCUT2D eigenvalue weighted by Crippen LogP contribution is -2.33. The van der Waals surface area contributed by atoms with Crippen molar-refractivity contribution in [2.75, 3.05) is 25.0 Å². The van der Waals surface area contributed by atoms with Crippen molar-refractivity contribution in [1.82, 2.24) is 34.8 Å². The quantitative estimate of drug-likeness (QED) is 0.164. The maximum Gasteiger partial charge on any atom is 0.261 e. The van der Waals surface area contributed by atoms with E-state index in [0.29, 0.717) is 40.2 Å². The maximum absolute atomic E-state index is 15.0. The lowest BCUT2D eigenvalue weighted by atomic mass is 10.0. The van der Waals surface area contributed by atoms with Crippen molar-refractivity contribution in [2.45, 2.75) is 6.54 Å². The molecule has 1 aliphatic heterocycles. The van der Waals surface area contributed by atoms with Gasteiger partial charge in [-0.1, -0.05) is 35.5 Å². The predicted molar refractivity (Wildman–Crippen MR) is 162 cm³/mol. The first-order valence-corrected chi connectivity index (χ1v) is 14.7. The number of halogens is 2. The molecule has 0 aliphatic carbocycles. The topological polar surface area (TPSA) is 128 Å². The highest BCUT2D eigenvalue weighted by Crippen LogP contribution is 2.42. The maximum atomic E-state index is 15.0. The van der Waals surface area contributed by atoms with Crippen LogP contribution in [0.1, 0.15) is 20.7 Å². The van der Waals surface area contributed by atoms with E-state index >= 15 is 0 Å². The molecule has 6 aromatic rings. The first-order chi connectivity index (χ1) is 22.0. The number of hydrogen-bond acceptors (Lipinski definition) is 10. The Hall–Kier alpha value is -5.63. The molecule has 0 spiro atoms. The predicted octanol–water partition coefficient (Wildman–Crippen LogP) is 5.08. The molecule has 0 saturated carbocycles. The van der Waals surface area contributed by atoms with Gasteiger partial charge in [-0.2, -0.15) is 4.39 Å². The van der Waals surface area contributed by atoms with Gasteiger partial charge in [-0.3, -0.25) is 19.2 Å². The molecule has 0 radical (unpaired) electrons. The molecule has 1 aliphatic rings. The molecule has 0 saturated heterocycles. The van der Waals surface area contributed by atoms with Crippen LogP contribution in [0.4, 0.5) is 14.7 Å². The van der Waals surface area contributed by atoms with Gasteiger partial charge in [0.2, 0.25) is 11.9 Å². The fraction of sp³-hybridized carbons (Fsp3) is 0.129. The van der Waals surface area contributed by atoms with Crippen molar-refractivity contribution in [3.8, 4) is 27.4 Å². The van der Waals surface area contributed by atoms with E-state index < -0.39 is 23.6 Å². The summed E-state index contributed by atoms with van der Waals surface area (Å²) in [5.41, 5.74) is 1.88. The molecular formula is C31H22F2N8O3S. The highest BCUT2D eigenvalue weighted by molar-refractivity contribution is 7.22. The monoisotopic (exact) mass is 624 g/mol. The first-order valence-electron chi connectivity index (χ1n) is 13.8. The van der Waals surface area contributed by atoms with E-state index in [2.05, 4.69) is 30.6 Å². The Morgan fingerprint density at radius 3 is 2.47 bits per heavy atom. The Kier molecular flexibility index (Phi) is 7.39. The van der Waals surface area contributed by atoms with Gasteiger partial charge in [-0.15, -0.1) is 16.4 Å². The van der Waals surface area contributed by atoms with Crippen LogP contribution in [-0.4, -0.2) is 66.4 Å². The van der Waals surface area contributed by atoms with Crippen molar-refractivity contribution in [3.05, 3.63) is 102 Å². The molecular weight excluding hydrogens is 602 g/mol. The average Bonchev–Trinajstić information content (AvgIpc) is 3.79. The highest BCUT2D eigenvalue weighted by atomic mass is 32.1. The van der Waals surface area contributed by atoms with Crippen molar-refractivity contribution >= 4 is 39.2 Å². The summed E-state index contributed by atoms with van der Waals surface area (Å²) >= 11 is 1.29. The second-order valence-electron chi connectivity index (χ2n) is 9.98. The summed E-state index contributed by atoms with van der Waals surface area (Å²) in [6.45, 7) is 0.941. The minimum Gasteiger partial charge on any atom is -0.489 e. The molecule has 11 nitrogen and oxygen atoms in total. The SMILES string of the molecule is O=C1c2ccccc2C(=O)N1CCOc1cnc(F)cc1-c1cccc2cc(-c3nc(NCCn4ccnn4)ncc3F)sc12. The largest absolute Gasteiger partial charge is 0.489 e. The molecule has 0 bridgehead atoms. The van der Waals surface area contributed by atoms with Crippen LogP contribution in [0.15, 0.2) is 79.4 Å². The van der Waals surface area contributed by atoms with E-state index in [1.54, 1.807) is 41.3 Å². The number of nitrogens with zero attached hydrogens (tertiary/aromatic N) is 7. The molecule has 45 heavy (non-hydrogen) atoms. The van der Waals surface area contributed by atoms with Crippen LogP contribution in [0.25, 0.3) is 31.8 Å². The highest BCUT2D eigenvalue weighted by Gasteiger charge is 2.34. The minimum absolute atomic E-state index is 0.00129. The standard InChI is InChI=1S/C31H22F2N8O3S/c32-23-16-36-31(34-8-10-40-11-9-37-39-40)38-27(23)25-14-18-4-3-7-19(28(18)45-25)22-15-26(33)35-17-24(22)44-13-12-41-29(42)20-5-1-2-6-21(20)30(41)43/h1-7,9,11,14-17H,8,10,12-13H2,(H,34,36,38). The van der Waals surface area contributed by atoms with Crippen LogP contribution in [0, 0.1) is 11.8 Å². The minimum atomic E-state index is -0.713. The number of hydrogen-bond donors (Lipinski definition) is 1. The Morgan fingerprint density at radius 2 is 1.69 bits per heavy atom. The molecule has 2 amide bonds. The summed E-state index contributed by atoms with van der Waals surface area (Å²) in [5.74, 6) is -1.56. The van der Waals surface area contributed by atoms with Gasteiger partial charge in [-0.05, 0) is 23.6 Å². The number of imide groups is 1. The van der Waals surface area contributed by atoms with E-state index in [1.807, 2.05) is 24.3 Å². The fourth-order valence-corrected chi connectivity index (χ4v) is 6.26. The zero-order valence-corrected chi connectivity index (χ0v) is 24.2. The molecule has 0 unspecified atom stereocenters. The Balaban J connectivity index is 1.13. The van der Waals surface area contributed by atoms with Crippen LogP contribution >= 0.6 is 11.3 Å². The van der Waals surface area contributed by atoms with Gasteiger partial charge in [-0.25, -0.2) is 19.3 Å². The van der Waals surface area contributed by atoms with Gasteiger partial charge in [0.1, 0.15) is 18.1 Å². The van der Waals surface area contributed by atoms with Crippen molar-refractivity contribution in [1.29, 1.82) is 0 Å². The normalized spacial score (nSPS) is 12.6. The van der Waals surface area contributed by atoms with E-state index in [0.717, 1.165) is 21.2 Å².